The fourth-order valence-corrected chi connectivity index (χ4v) is 6.10. The number of phosphoric ester groups is 1. The largest absolute Gasteiger partial charge is 0.490 e. The molecule has 0 amide bonds. The van der Waals surface area contributed by atoms with Crippen molar-refractivity contribution in [2.45, 2.75) is 31.5 Å². The molecule has 0 aromatic carbocycles. The molecule has 0 bridgehead atoms. The van der Waals surface area contributed by atoms with Gasteiger partial charge in [0.05, 0.1) is 12.9 Å². The van der Waals surface area contributed by atoms with Crippen LogP contribution in [0.3, 0.4) is 0 Å². The molecule has 6 atom stereocenters. The number of ether oxygens (including phenoxy) is 2. The molecule has 1 fully saturated rings. The van der Waals surface area contributed by atoms with E-state index in [0.717, 1.165) is 0 Å². The van der Waals surface area contributed by atoms with E-state index in [1.807, 2.05) is 0 Å². The lowest BCUT2D eigenvalue weighted by atomic mass is 10.1. The third kappa shape index (κ3) is 6.21. The molecule has 2 aromatic heterocycles. The second-order valence-electron chi connectivity index (χ2n) is 6.62. The second kappa shape index (κ2) is 9.36. The number of methoxy groups -OCH3 is 1. The van der Waals surface area contributed by atoms with Crippen LogP contribution >= 0.6 is 23.5 Å². The summed E-state index contributed by atoms with van der Waals surface area (Å²) in [5.41, 5.74) is -0.498. The molecule has 3 rings (SSSR count). The van der Waals surface area contributed by atoms with Crippen LogP contribution in [0.4, 0.5) is 0 Å². The number of aromatic nitrogens is 4. The number of aliphatic hydroxyl groups is 1. The minimum absolute atomic E-state index is 0.0397. The van der Waals surface area contributed by atoms with Crippen molar-refractivity contribution in [3.05, 3.63) is 22.5 Å². The van der Waals surface area contributed by atoms with Crippen molar-refractivity contribution in [2.75, 3.05) is 13.7 Å². The number of hydrogen-bond donors (Lipinski definition) is 6. The number of rotatable bonds is 9. The van der Waals surface area contributed by atoms with E-state index in [1.54, 1.807) is 0 Å². The maximum atomic E-state index is 12.0. The summed E-state index contributed by atoms with van der Waals surface area (Å²) in [7, 11) is -15.5. The highest BCUT2D eigenvalue weighted by Gasteiger charge is 2.48. The van der Waals surface area contributed by atoms with E-state index in [2.05, 4.69) is 28.1 Å². The van der Waals surface area contributed by atoms with E-state index in [4.69, 9.17) is 19.3 Å². The summed E-state index contributed by atoms with van der Waals surface area (Å²) in [5, 5.41) is 10.6. The third-order valence-electron chi connectivity index (χ3n) is 4.22. The number of aromatic amines is 1. The zero-order chi connectivity index (χ0) is 24.8. The number of nitrogens with one attached hydrogen (secondary N) is 1. The Morgan fingerprint density at radius 3 is 2.45 bits per heavy atom. The molecule has 2 aromatic rings. The minimum atomic E-state index is -5.70. The lowest BCUT2D eigenvalue weighted by Crippen LogP contribution is -2.35. The molecule has 1 aliphatic rings. The van der Waals surface area contributed by atoms with Crippen LogP contribution in [0.1, 0.15) is 12.1 Å². The van der Waals surface area contributed by atoms with Gasteiger partial charge in [0.25, 0.3) is 5.56 Å². The molecule has 0 spiro atoms. The predicted molar refractivity (Wildman–Crippen MR) is 103 cm³/mol. The molecule has 1 aliphatic heterocycles. The number of H-pyrrole nitrogens is 1. The van der Waals surface area contributed by atoms with Crippen molar-refractivity contribution >= 4 is 34.6 Å². The number of imidazole rings is 1. The van der Waals surface area contributed by atoms with Gasteiger partial charge in [-0.2, -0.15) is 8.62 Å². The quantitative estimate of drug-likeness (QED) is 0.211. The Bertz CT molecular complexity index is 1220. The van der Waals surface area contributed by atoms with Crippen molar-refractivity contribution in [3.63, 3.8) is 0 Å². The van der Waals surface area contributed by atoms with Crippen LogP contribution < -0.4 is 5.56 Å². The van der Waals surface area contributed by atoms with Crippen molar-refractivity contribution in [1.29, 1.82) is 0 Å². The average molecular weight is 536 g/mol. The van der Waals surface area contributed by atoms with Gasteiger partial charge in [0.1, 0.15) is 24.1 Å². The minimum Gasteiger partial charge on any atom is -0.386 e. The molecule has 0 aliphatic carbocycles. The summed E-state index contributed by atoms with van der Waals surface area (Å²) in [4.78, 5) is 58.4. The summed E-state index contributed by atoms with van der Waals surface area (Å²) in [6.45, 7) is 0.670. The van der Waals surface area contributed by atoms with Gasteiger partial charge in [-0.25, -0.2) is 23.7 Å². The monoisotopic (exact) mass is 536 g/mol. The highest BCUT2D eigenvalue weighted by molar-refractivity contribution is 7.66. The zero-order valence-corrected chi connectivity index (χ0v) is 19.4. The molecule has 33 heavy (non-hydrogen) atoms. The summed E-state index contributed by atoms with van der Waals surface area (Å²) in [5.74, 6) is 0.259. The standard InChI is InChI=1S/C12H19N4O14P3/c1-5-14-10-7(11(18)15-5)13-4-16(10)12-8(17)9(26-2)6(28-12)3-27-32(22,23)30-33(24,25)29-31(19,20)21/h4,6,8-9,12,17H,3H2,1-2H3,(H,22,23)(H,24,25)(H,14,15,18)(H2,19,20,21)/t6-,8?,9+,12-/m1/s1. The third-order valence-corrected chi connectivity index (χ3v) is 8.03. The molecule has 18 nitrogen and oxygen atoms in total. The van der Waals surface area contributed by atoms with Crippen LogP contribution in [0.15, 0.2) is 11.1 Å². The van der Waals surface area contributed by atoms with Crippen molar-refractivity contribution in [3.8, 4) is 0 Å². The maximum absolute atomic E-state index is 12.0. The van der Waals surface area contributed by atoms with Gasteiger partial charge in [0, 0.05) is 7.11 Å². The topological polar surface area (TPSA) is 262 Å². The van der Waals surface area contributed by atoms with Gasteiger partial charge in [0.15, 0.2) is 17.4 Å². The smallest absolute Gasteiger partial charge is 0.386 e. The molecule has 1 saturated heterocycles. The highest BCUT2D eigenvalue weighted by Crippen LogP contribution is 2.66. The number of hydrogen-bond acceptors (Lipinski definition) is 12. The van der Waals surface area contributed by atoms with Crippen LogP contribution in [-0.4, -0.2) is 76.2 Å². The van der Waals surface area contributed by atoms with Crippen molar-refractivity contribution < 1.29 is 61.0 Å². The van der Waals surface area contributed by atoms with Gasteiger partial charge in [-0.1, -0.05) is 0 Å². The first-order valence-corrected chi connectivity index (χ1v) is 13.2. The summed E-state index contributed by atoms with van der Waals surface area (Å²) >= 11 is 0. The van der Waals surface area contributed by atoms with Crippen LogP contribution in [0.2, 0.25) is 0 Å². The zero-order valence-electron chi connectivity index (χ0n) is 16.7. The van der Waals surface area contributed by atoms with E-state index in [1.165, 1.54) is 24.9 Å². The predicted octanol–water partition coefficient (Wildman–Crippen LogP) is -0.955. The van der Waals surface area contributed by atoms with Crippen LogP contribution in [-0.2, 0) is 36.3 Å². The molecule has 21 heteroatoms. The first kappa shape index (κ1) is 26.2. The van der Waals surface area contributed by atoms with Crippen molar-refractivity contribution in [2.24, 2.45) is 0 Å². The van der Waals surface area contributed by atoms with Crippen LogP contribution in [0.5, 0.6) is 0 Å². The Balaban J connectivity index is 1.76. The molecule has 3 unspecified atom stereocenters. The van der Waals surface area contributed by atoms with Gasteiger partial charge >= 0.3 is 23.5 Å². The Kier molecular flexibility index (Phi) is 7.44. The number of fused-ring (bicyclic) bond motifs is 1. The Hall–Kier alpha value is -1.36. The molecular weight excluding hydrogens is 517 g/mol. The Morgan fingerprint density at radius 2 is 1.85 bits per heavy atom. The van der Waals surface area contributed by atoms with E-state index >= 15 is 0 Å². The molecular formula is C12H19N4O14P3. The first-order valence-electron chi connectivity index (χ1n) is 8.70. The maximum Gasteiger partial charge on any atom is 0.490 e. The van der Waals surface area contributed by atoms with Crippen molar-refractivity contribution in [1.82, 2.24) is 19.5 Å². The van der Waals surface area contributed by atoms with Crippen LogP contribution in [0, 0.1) is 6.92 Å². The summed E-state index contributed by atoms with van der Waals surface area (Å²) in [6, 6.07) is 0. The normalized spacial score (nSPS) is 27.5. The average Bonchev–Trinajstić information content (AvgIpc) is 3.17. The second-order valence-corrected chi connectivity index (χ2v) is 11.0. The van der Waals surface area contributed by atoms with Gasteiger partial charge < -0.3 is 39.1 Å². The van der Waals surface area contributed by atoms with E-state index in [-0.39, 0.29) is 17.0 Å². The molecule has 0 radical (unpaired) electrons. The molecule has 3 heterocycles. The van der Waals surface area contributed by atoms with Gasteiger partial charge in [-0.3, -0.25) is 13.9 Å². The van der Waals surface area contributed by atoms with Gasteiger partial charge in [0.2, 0.25) is 0 Å². The highest BCUT2D eigenvalue weighted by atomic mass is 31.3. The molecule has 0 saturated carbocycles. The fourth-order valence-electron chi connectivity index (χ4n) is 3.07. The lowest BCUT2D eigenvalue weighted by molar-refractivity contribution is -0.0526. The first-order chi connectivity index (χ1) is 15.1. The SMILES string of the molecule is CO[C@@H]1C(O)[C@H](n2cnc3c(=O)[nH]c(C)nc32)O[C@@H]1COP(=O)(O)OP(=O)(O)OP(=O)(O)O. The number of aliphatic hydroxyl groups excluding tert-OH is 1. The molecule has 186 valence electrons. The van der Waals surface area contributed by atoms with Crippen LogP contribution in [0.25, 0.3) is 11.2 Å². The molecule has 6 N–H and O–H groups in total. The van der Waals surface area contributed by atoms with E-state index in [9.17, 15) is 33.4 Å². The fraction of sp³-hybridized carbons (Fsp3) is 0.583. The number of nitrogens with zero attached hydrogens (tertiary/aromatic N) is 3. The van der Waals surface area contributed by atoms with Gasteiger partial charge in [-0.15, -0.1) is 0 Å². The summed E-state index contributed by atoms with van der Waals surface area (Å²) in [6.07, 6.45) is -3.90. The summed E-state index contributed by atoms with van der Waals surface area (Å²) < 4.78 is 57.8. The van der Waals surface area contributed by atoms with E-state index in [0.29, 0.717) is 0 Å². The Labute approximate surface area is 183 Å². The Morgan fingerprint density at radius 1 is 1.18 bits per heavy atom. The number of phosphoric acid groups is 3. The van der Waals surface area contributed by atoms with E-state index < -0.39 is 60.2 Å². The van der Waals surface area contributed by atoms with Gasteiger partial charge in [-0.05, 0) is 6.92 Å². The number of aryl methyl sites for hydroxylation is 1. The lowest BCUT2D eigenvalue weighted by Gasteiger charge is -2.20.